The topological polar surface area (TPSA) is 32.3 Å². The summed E-state index contributed by atoms with van der Waals surface area (Å²) in [5.74, 6) is 0.0202. The highest BCUT2D eigenvalue weighted by Gasteiger charge is 2.19. The molecule has 0 saturated carbocycles. The third kappa shape index (κ3) is 4.41. The van der Waals surface area contributed by atoms with Crippen molar-refractivity contribution in [3.63, 3.8) is 0 Å². The molecule has 1 amide bonds. The normalized spacial score (nSPS) is 12.5. The lowest BCUT2D eigenvalue weighted by atomic mass is 10.1. The number of benzene rings is 1. The molecule has 0 aliphatic rings. The highest BCUT2D eigenvalue weighted by molar-refractivity contribution is 9.11. The van der Waals surface area contributed by atoms with Crippen LogP contribution in [0, 0.1) is 13.8 Å². The average Bonchev–Trinajstić information content (AvgIpc) is 2.87. The van der Waals surface area contributed by atoms with Gasteiger partial charge in [-0.3, -0.25) is 9.69 Å². The molecule has 0 saturated heterocycles. The minimum absolute atomic E-state index is 0.0202. The molecular weight excluding hydrogens is 360 g/mol. The zero-order valence-corrected chi connectivity index (χ0v) is 15.7. The molecule has 5 heteroatoms. The van der Waals surface area contributed by atoms with E-state index in [9.17, 15) is 4.79 Å². The van der Waals surface area contributed by atoms with E-state index < -0.39 is 0 Å². The van der Waals surface area contributed by atoms with Gasteiger partial charge in [0.15, 0.2) is 0 Å². The molecule has 2 rings (SSSR count). The molecule has 2 aromatic rings. The molecule has 118 valence electrons. The quantitative estimate of drug-likeness (QED) is 0.822. The second-order valence-corrected chi connectivity index (χ2v) is 8.15. The van der Waals surface area contributed by atoms with E-state index in [0.29, 0.717) is 0 Å². The van der Waals surface area contributed by atoms with Gasteiger partial charge in [0.25, 0.3) is 0 Å². The summed E-state index contributed by atoms with van der Waals surface area (Å²) in [7, 11) is 1.97. The number of carbonyl (C=O) groups is 1. The fourth-order valence-corrected chi connectivity index (χ4v) is 3.67. The van der Waals surface area contributed by atoms with E-state index in [0.717, 1.165) is 27.1 Å². The molecule has 0 radical (unpaired) electrons. The molecule has 22 heavy (non-hydrogen) atoms. The number of amides is 1. The molecular formula is C17H21BrN2OS. The zero-order valence-electron chi connectivity index (χ0n) is 13.3. The van der Waals surface area contributed by atoms with Crippen LogP contribution in [0.25, 0.3) is 0 Å². The number of thiophene rings is 1. The molecule has 1 atom stereocenters. The van der Waals surface area contributed by atoms with Gasteiger partial charge in [0.05, 0.1) is 9.83 Å². The molecule has 0 spiro atoms. The van der Waals surface area contributed by atoms with E-state index in [4.69, 9.17) is 0 Å². The van der Waals surface area contributed by atoms with Crippen LogP contribution in [0.15, 0.2) is 34.1 Å². The SMILES string of the molecule is Cc1ccc(C)c(NC(=O)[C@H](C)N(C)Cc2ccc(Br)s2)c1. The number of carbonyl (C=O) groups excluding carboxylic acids is 1. The van der Waals surface area contributed by atoms with Crippen LogP contribution in [0.2, 0.25) is 0 Å². The van der Waals surface area contributed by atoms with Crippen molar-refractivity contribution in [2.45, 2.75) is 33.4 Å². The van der Waals surface area contributed by atoms with Crippen molar-refractivity contribution in [1.29, 1.82) is 0 Å². The summed E-state index contributed by atoms with van der Waals surface area (Å²) in [6.45, 7) is 6.73. The summed E-state index contributed by atoms with van der Waals surface area (Å²) in [4.78, 5) is 15.7. The van der Waals surface area contributed by atoms with Crippen molar-refractivity contribution >= 4 is 38.9 Å². The highest BCUT2D eigenvalue weighted by atomic mass is 79.9. The molecule has 3 nitrogen and oxygen atoms in total. The average molecular weight is 381 g/mol. The van der Waals surface area contributed by atoms with Crippen LogP contribution in [0.4, 0.5) is 5.69 Å². The van der Waals surface area contributed by atoms with Gasteiger partial charge in [-0.25, -0.2) is 0 Å². The van der Waals surface area contributed by atoms with Gasteiger partial charge in [0.2, 0.25) is 5.91 Å². The van der Waals surface area contributed by atoms with E-state index in [-0.39, 0.29) is 11.9 Å². The number of halogens is 1. The van der Waals surface area contributed by atoms with E-state index >= 15 is 0 Å². The number of aryl methyl sites for hydroxylation is 2. The van der Waals surface area contributed by atoms with Crippen molar-refractivity contribution in [3.8, 4) is 0 Å². The molecule has 1 heterocycles. The lowest BCUT2D eigenvalue weighted by Crippen LogP contribution is -2.39. The zero-order chi connectivity index (χ0) is 16.3. The van der Waals surface area contributed by atoms with Crippen LogP contribution in [-0.2, 0) is 11.3 Å². The van der Waals surface area contributed by atoms with Crippen molar-refractivity contribution in [3.05, 3.63) is 50.1 Å². The summed E-state index contributed by atoms with van der Waals surface area (Å²) in [6, 6.07) is 10.0. The van der Waals surface area contributed by atoms with Gasteiger partial charge in [-0.15, -0.1) is 11.3 Å². The van der Waals surface area contributed by atoms with Gasteiger partial charge in [0.1, 0.15) is 0 Å². The first kappa shape index (κ1) is 17.2. The highest BCUT2D eigenvalue weighted by Crippen LogP contribution is 2.23. The Bertz CT molecular complexity index is 668. The number of nitrogens with one attached hydrogen (secondary N) is 1. The standard InChI is InChI=1S/C17H21BrN2OS/c1-11-5-6-12(2)15(9-11)19-17(21)13(3)20(4)10-14-7-8-16(18)22-14/h5-9,13H,10H2,1-4H3,(H,19,21)/t13-/m0/s1. The van der Waals surface area contributed by atoms with Gasteiger partial charge in [-0.05, 0) is 73.1 Å². The summed E-state index contributed by atoms with van der Waals surface area (Å²) in [6.07, 6.45) is 0. The Morgan fingerprint density at radius 2 is 2.05 bits per heavy atom. The molecule has 1 aromatic carbocycles. The van der Waals surface area contributed by atoms with Crippen molar-refractivity contribution in [2.75, 3.05) is 12.4 Å². The lowest BCUT2D eigenvalue weighted by Gasteiger charge is -2.23. The second kappa shape index (κ2) is 7.40. The van der Waals surface area contributed by atoms with Crippen LogP contribution < -0.4 is 5.32 Å². The summed E-state index contributed by atoms with van der Waals surface area (Å²) < 4.78 is 1.11. The fourth-order valence-electron chi connectivity index (χ4n) is 2.13. The summed E-state index contributed by atoms with van der Waals surface area (Å²) >= 11 is 5.16. The van der Waals surface area contributed by atoms with Crippen molar-refractivity contribution < 1.29 is 4.79 Å². The Morgan fingerprint density at radius 3 is 2.68 bits per heavy atom. The van der Waals surface area contributed by atoms with E-state index in [1.807, 2.05) is 46.0 Å². The largest absolute Gasteiger partial charge is 0.324 e. The Kier molecular flexibility index (Phi) is 5.78. The van der Waals surface area contributed by atoms with Crippen LogP contribution in [0.3, 0.4) is 0 Å². The molecule has 0 bridgehead atoms. The van der Waals surface area contributed by atoms with Crippen LogP contribution in [0.5, 0.6) is 0 Å². The third-order valence-corrected chi connectivity index (χ3v) is 5.33. The molecule has 0 unspecified atom stereocenters. The molecule has 0 fully saturated rings. The number of hydrogen-bond donors (Lipinski definition) is 1. The predicted octanol–water partition coefficient (Wildman–Crippen LogP) is 4.59. The maximum absolute atomic E-state index is 12.5. The Labute approximate surface area is 144 Å². The summed E-state index contributed by atoms with van der Waals surface area (Å²) in [5.41, 5.74) is 3.12. The van der Waals surface area contributed by atoms with Crippen LogP contribution >= 0.6 is 27.3 Å². The van der Waals surface area contributed by atoms with Crippen LogP contribution in [-0.4, -0.2) is 23.9 Å². The van der Waals surface area contributed by atoms with Gasteiger partial charge >= 0.3 is 0 Å². The first-order valence-electron chi connectivity index (χ1n) is 7.19. The third-order valence-electron chi connectivity index (χ3n) is 3.73. The fraction of sp³-hybridized carbons (Fsp3) is 0.353. The molecule has 1 aromatic heterocycles. The van der Waals surface area contributed by atoms with Crippen molar-refractivity contribution in [2.24, 2.45) is 0 Å². The monoisotopic (exact) mass is 380 g/mol. The minimum Gasteiger partial charge on any atom is -0.324 e. The van der Waals surface area contributed by atoms with Gasteiger partial charge in [-0.1, -0.05) is 12.1 Å². The number of nitrogens with zero attached hydrogens (tertiary/aromatic N) is 1. The van der Waals surface area contributed by atoms with E-state index in [1.54, 1.807) is 11.3 Å². The van der Waals surface area contributed by atoms with Crippen LogP contribution in [0.1, 0.15) is 22.9 Å². The molecule has 0 aliphatic carbocycles. The van der Waals surface area contributed by atoms with Crippen molar-refractivity contribution in [1.82, 2.24) is 4.90 Å². The molecule has 1 N–H and O–H groups in total. The number of rotatable bonds is 5. The first-order valence-corrected chi connectivity index (χ1v) is 8.80. The Balaban J connectivity index is 2.00. The lowest BCUT2D eigenvalue weighted by molar-refractivity contribution is -0.120. The van der Waals surface area contributed by atoms with Gasteiger partial charge in [0, 0.05) is 17.1 Å². The van der Waals surface area contributed by atoms with Gasteiger partial charge in [-0.2, -0.15) is 0 Å². The van der Waals surface area contributed by atoms with E-state index in [2.05, 4.69) is 38.3 Å². The number of likely N-dealkylation sites (N-methyl/N-ethyl adjacent to an activating group) is 1. The Hall–Kier alpha value is -1.17. The number of anilines is 1. The second-order valence-electron chi connectivity index (χ2n) is 5.60. The van der Waals surface area contributed by atoms with Gasteiger partial charge < -0.3 is 5.32 Å². The summed E-state index contributed by atoms with van der Waals surface area (Å²) in [5, 5.41) is 3.04. The predicted molar refractivity (Wildman–Crippen MR) is 97.5 cm³/mol. The smallest absolute Gasteiger partial charge is 0.241 e. The Morgan fingerprint density at radius 1 is 1.32 bits per heavy atom. The maximum Gasteiger partial charge on any atom is 0.241 e. The number of hydrogen-bond acceptors (Lipinski definition) is 3. The van der Waals surface area contributed by atoms with E-state index in [1.165, 1.54) is 4.88 Å². The minimum atomic E-state index is -0.194. The molecule has 0 aliphatic heterocycles. The first-order chi connectivity index (χ1) is 10.4. The maximum atomic E-state index is 12.5.